The van der Waals surface area contributed by atoms with E-state index >= 15 is 0 Å². The van der Waals surface area contributed by atoms with Crippen LogP contribution in [0.2, 0.25) is 0 Å². The number of aromatic nitrogens is 2. The quantitative estimate of drug-likeness (QED) is 0.730. The Kier molecular flexibility index (Phi) is 1.78. The number of hydrogen-bond acceptors (Lipinski definition) is 2. The minimum atomic E-state index is 0.715. The van der Waals surface area contributed by atoms with Gasteiger partial charge in [-0.3, -0.25) is 5.10 Å². The molecule has 1 aliphatic carbocycles. The van der Waals surface area contributed by atoms with Crippen LogP contribution in [0.3, 0.4) is 0 Å². The van der Waals surface area contributed by atoms with Gasteiger partial charge in [0.15, 0.2) is 0 Å². The van der Waals surface area contributed by atoms with Crippen LogP contribution in [0.25, 0.3) is 11.3 Å². The van der Waals surface area contributed by atoms with E-state index in [0.29, 0.717) is 5.92 Å². The third-order valence-electron chi connectivity index (χ3n) is 2.80. The zero-order valence-corrected chi connectivity index (χ0v) is 8.40. The third kappa shape index (κ3) is 1.61. The van der Waals surface area contributed by atoms with Gasteiger partial charge in [-0.1, -0.05) is 12.1 Å². The Morgan fingerprint density at radius 2 is 2.13 bits per heavy atom. The monoisotopic (exact) mass is 199 g/mol. The fourth-order valence-corrected chi connectivity index (χ4v) is 1.79. The number of nitrogen functional groups attached to an aromatic ring is 1. The van der Waals surface area contributed by atoms with Crippen LogP contribution in [0.15, 0.2) is 30.3 Å². The molecule has 1 aromatic heterocycles. The average Bonchev–Trinajstić information content (AvgIpc) is 2.97. The summed E-state index contributed by atoms with van der Waals surface area (Å²) in [5.41, 5.74) is 9.85. The van der Waals surface area contributed by atoms with E-state index in [2.05, 4.69) is 16.3 Å². The molecule has 3 heteroatoms. The van der Waals surface area contributed by atoms with Gasteiger partial charge in [-0.05, 0) is 31.0 Å². The molecule has 76 valence electrons. The topological polar surface area (TPSA) is 54.7 Å². The first-order valence-electron chi connectivity index (χ1n) is 5.24. The summed E-state index contributed by atoms with van der Waals surface area (Å²) in [5.74, 6) is 0.715. The lowest BCUT2D eigenvalue weighted by molar-refractivity contribution is 0.967. The second-order valence-electron chi connectivity index (χ2n) is 4.11. The molecule has 3 nitrogen and oxygen atoms in total. The minimum Gasteiger partial charge on any atom is -0.399 e. The lowest BCUT2D eigenvalue weighted by atomic mass is 10.1. The molecule has 1 aliphatic rings. The number of rotatable bonds is 2. The highest BCUT2D eigenvalue weighted by molar-refractivity contribution is 5.64. The van der Waals surface area contributed by atoms with E-state index in [4.69, 9.17) is 5.73 Å². The summed E-state index contributed by atoms with van der Waals surface area (Å²) in [7, 11) is 0. The normalized spacial score (nSPS) is 15.5. The second-order valence-corrected chi connectivity index (χ2v) is 4.11. The van der Waals surface area contributed by atoms with Gasteiger partial charge in [0.2, 0.25) is 0 Å². The van der Waals surface area contributed by atoms with Crippen molar-refractivity contribution in [2.75, 3.05) is 5.73 Å². The lowest BCUT2D eigenvalue weighted by Crippen LogP contribution is -1.84. The maximum atomic E-state index is 5.74. The minimum absolute atomic E-state index is 0.715. The van der Waals surface area contributed by atoms with E-state index in [1.807, 2.05) is 24.3 Å². The van der Waals surface area contributed by atoms with Gasteiger partial charge in [0.25, 0.3) is 0 Å². The molecule has 0 unspecified atom stereocenters. The Balaban J connectivity index is 1.97. The van der Waals surface area contributed by atoms with Crippen molar-refractivity contribution in [1.29, 1.82) is 0 Å². The maximum absolute atomic E-state index is 5.74. The van der Waals surface area contributed by atoms with Gasteiger partial charge in [-0.2, -0.15) is 5.10 Å². The molecule has 1 heterocycles. The van der Waals surface area contributed by atoms with Crippen LogP contribution in [0.5, 0.6) is 0 Å². The summed E-state index contributed by atoms with van der Waals surface area (Å²) in [6.07, 6.45) is 2.58. The van der Waals surface area contributed by atoms with Gasteiger partial charge >= 0.3 is 0 Å². The number of anilines is 1. The van der Waals surface area contributed by atoms with Gasteiger partial charge in [-0.25, -0.2) is 0 Å². The van der Waals surface area contributed by atoms with E-state index in [9.17, 15) is 0 Å². The molecule has 0 bridgehead atoms. The number of nitrogens with zero attached hydrogens (tertiary/aromatic N) is 1. The predicted octanol–water partition coefficient (Wildman–Crippen LogP) is 2.54. The Labute approximate surface area is 88.3 Å². The molecule has 0 spiro atoms. The van der Waals surface area contributed by atoms with Crippen molar-refractivity contribution in [2.45, 2.75) is 18.8 Å². The predicted molar refractivity (Wildman–Crippen MR) is 60.4 cm³/mol. The van der Waals surface area contributed by atoms with Crippen LogP contribution in [0, 0.1) is 0 Å². The van der Waals surface area contributed by atoms with Gasteiger partial charge in [0, 0.05) is 22.9 Å². The van der Waals surface area contributed by atoms with Crippen LogP contribution in [-0.2, 0) is 0 Å². The Bertz CT molecular complexity index is 483. The summed E-state index contributed by atoms with van der Waals surface area (Å²) in [5, 5.41) is 7.40. The molecule has 0 amide bonds. The molecule has 3 N–H and O–H groups in total. The van der Waals surface area contributed by atoms with E-state index in [1.165, 1.54) is 18.5 Å². The molecule has 0 atom stereocenters. The zero-order chi connectivity index (χ0) is 10.3. The number of aromatic amines is 1. The Morgan fingerprint density at radius 3 is 2.87 bits per heavy atom. The van der Waals surface area contributed by atoms with E-state index in [1.54, 1.807) is 0 Å². The summed E-state index contributed by atoms with van der Waals surface area (Å²) < 4.78 is 0. The van der Waals surface area contributed by atoms with Crippen molar-refractivity contribution in [3.63, 3.8) is 0 Å². The smallest absolute Gasteiger partial charge is 0.0924 e. The van der Waals surface area contributed by atoms with Crippen LogP contribution in [0.4, 0.5) is 5.69 Å². The lowest BCUT2D eigenvalue weighted by Gasteiger charge is -1.96. The van der Waals surface area contributed by atoms with E-state index < -0.39 is 0 Å². The van der Waals surface area contributed by atoms with Crippen molar-refractivity contribution in [3.8, 4) is 11.3 Å². The molecule has 0 aliphatic heterocycles. The summed E-state index contributed by atoms with van der Waals surface area (Å²) in [6.45, 7) is 0. The van der Waals surface area contributed by atoms with Gasteiger partial charge in [0.1, 0.15) is 0 Å². The number of benzene rings is 1. The number of H-pyrrole nitrogens is 1. The average molecular weight is 199 g/mol. The van der Waals surface area contributed by atoms with Gasteiger partial charge in [0.05, 0.1) is 5.69 Å². The summed E-state index contributed by atoms with van der Waals surface area (Å²) in [6, 6.07) is 9.95. The third-order valence-corrected chi connectivity index (χ3v) is 2.80. The van der Waals surface area contributed by atoms with Gasteiger partial charge < -0.3 is 5.73 Å². The van der Waals surface area contributed by atoms with Crippen LogP contribution >= 0.6 is 0 Å². The first-order valence-corrected chi connectivity index (χ1v) is 5.24. The fourth-order valence-electron chi connectivity index (χ4n) is 1.79. The molecular weight excluding hydrogens is 186 g/mol. The Morgan fingerprint density at radius 1 is 1.27 bits per heavy atom. The van der Waals surface area contributed by atoms with Crippen LogP contribution in [-0.4, -0.2) is 10.2 Å². The molecule has 0 saturated heterocycles. The highest BCUT2D eigenvalue weighted by atomic mass is 15.1. The maximum Gasteiger partial charge on any atom is 0.0924 e. The standard InChI is InChI=1S/C12H13N3/c13-10-3-1-2-9(6-10)12-7-11(14-15-12)8-4-5-8/h1-3,6-8H,4-5,13H2,(H,14,15). The zero-order valence-electron chi connectivity index (χ0n) is 8.40. The first-order chi connectivity index (χ1) is 7.33. The SMILES string of the molecule is Nc1cccc(-c2cc(C3CC3)[nH]n2)c1. The van der Waals surface area contributed by atoms with Crippen molar-refractivity contribution < 1.29 is 0 Å². The molecule has 3 rings (SSSR count). The van der Waals surface area contributed by atoms with E-state index in [0.717, 1.165) is 16.9 Å². The summed E-state index contributed by atoms with van der Waals surface area (Å²) in [4.78, 5) is 0. The molecular formula is C12H13N3. The number of nitrogens with one attached hydrogen (secondary N) is 1. The molecule has 2 aromatic rings. The van der Waals surface area contributed by atoms with Crippen molar-refractivity contribution in [3.05, 3.63) is 36.0 Å². The van der Waals surface area contributed by atoms with Crippen molar-refractivity contribution >= 4 is 5.69 Å². The largest absolute Gasteiger partial charge is 0.399 e. The molecule has 15 heavy (non-hydrogen) atoms. The second kappa shape index (κ2) is 3.12. The van der Waals surface area contributed by atoms with Crippen molar-refractivity contribution in [2.24, 2.45) is 0 Å². The van der Waals surface area contributed by atoms with Crippen LogP contribution in [0.1, 0.15) is 24.5 Å². The highest BCUT2D eigenvalue weighted by Crippen LogP contribution is 2.39. The number of hydrogen-bond donors (Lipinski definition) is 2. The Hall–Kier alpha value is -1.77. The van der Waals surface area contributed by atoms with Gasteiger partial charge in [-0.15, -0.1) is 0 Å². The summed E-state index contributed by atoms with van der Waals surface area (Å²) >= 11 is 0. The van der Waals surface area contributed by atoms with Crippen LogP contribution < -0.4 is 5.73 Å². The fraction of sp³-hybridized carbons (Fsp3) is 0.250. The highest BCUT2D eigenvalue weighted by Gasteiger charge is 2.25. The molecule has 1 fully saturated rings. The first kappa shape index (κ1) is 8.53. The van der Waals surface area contributed by atoms with E-state index in [-0.39, 0.29) is 0 Å². The molecule has 0 radical (unpaired) electrons. The number of nitrogens with two attached hydrogens (primary N) is 1. The van der Waals surface area contributed by atoms with Crippen molar-refractivity contribution in [1.82, 2.24) is 10.2 Å². The molecule has 1 saturated carbocycles. The molecule has 1 aromatic carbocycles.